The monoisotopic (exact) mass is 419 g/mol. The molecule has 0 spiro atoms. The molecule has 0 radical (unpaired) electrons. The van der Waals surface area contributed by atoms with Crippen LogP contribution in [0.15, 0.2) is 47.1 Å². The maximum atomic E-state index is 12.2. The third-order valence-electron chi connectivity index (χ3n) is 3.81. The molecule has 0 aliphatic carbocycles. The quantitative estimate of drug-likeness (QED) is 0.437. The summed E-state index contributed by atoms with van der Waals surface area (Å²) in [5.41, 5.74) is 1.42. The lowest BCUT2D eigenvalue weighted by atomic mass is 10.1. The van der Waals surface area contributed by atoms with Crippen LogP contribution in [0.1, 0.15) is 31.4 Å². The van der Waals surface area contributed by atoms with Gasteiger partial charge in [0.05, 0.1) is 23.8 Å². The first-order valence-electron chi connectivity index (χ1n) is 8.89. The summed E-state index contributed by atoms with van der Waals surface area (Å²) in [4.78, 5) is 16.5. The highest BCUT2D eigenvalue weighted by Crippen LogP contribution is 2.31. The minimum Gasteiger partial charge on any atom is -0.490 e. The summed E-state index contributed by atoms with van der Waals surface area (Å²) in [6.45, 7) is 5.03. The summed E-state index contributed by atoms with van der Waals surface area (Å²) in [5, 5.41) is 0.847. The predicted octanol–water partition coefficient (Wildman–Crippen LogP) is 5.53. The fourth-order valence-corrected chi connectivity index (χ4v) is 3.05. The van der Waals surface area contributed by atoms with Crippen molar-refractivity contribution >= 4 is 41.1 Å². The van der Waals surface area contributed by atoms with Crippen molar-refractivity contribution in [1.29, 1.82) is 0 Å². The second kappa shape index (κ2) is 9.13. The molecule has 0 N–H and O–H groups in total. The fourth-order valence-electron chi connectivity index (χ4n) is 2.56. The topological polar surface area (TPSA) is 57.1 Å². The average molecular weight is 420 g/mol. The molecule has 28 heavy (non-hydrogen) atoms. The number of rotatable bonds is 7. The molecule has 0 amide bonds. The average Bonchev–Trinajstić information content (AvgIpc) is 3.01. The van der Waals surface area contributed by atoms with E-state index in [9.17, 15) is 4.79 Å². The highest BCUT2D eigenvalue weighted by Gasteiger charge is 2.25. The molecule has 0 fully saturated rings. The van der Waals surface area contributed by atoms with E-state index < -0.39 is 5.97 Å². The van der Waals surface area contributed by atoms with Crippen molar-refractivity contribution in [3.8, 4) is 11.5 Å². The van der Waals surface area contributed by atoms with E-state index >= 15 is 0 Å². The summed E-state index contributed by atoms with van der Waals surface area (Å²) in [6.07, 6.45) is 2.53. The molecular formula is C21H19Cl2NO4. The zero-order valence-corrected chi connectivity index (χ0v) is 17.0. The van der Waals surface area contributed by atoms with Crippen molar-refractivity contribution in [2.75, 3.05) is 13.2 Å². The number of nitrogens with zero attached hydrogens (tertiary/aromatic N) is 1. The Labute approximate surface area is 173 Å². The third kappa shape index (κ3) is 4.66. The third-order valence-corrected chi connectivity index (χ3v) is 4.36. The molecule has 0 unspecified atom stereocenters. The van der Waals surface area contributed by atoms with Crippen molar-refractivity contribution in [2.45, 2.75) is 20.3 Å². The number of benzene rings is 2. The van der Waals surface area contributed by atoms with E-state index in [0.717, 1.165) is 12.0 Å². The van der Waals surface area contributed by atoms with Crippen LogP contribution < -0.4 is 9.47 Å². The van der Waals surface area contributed by atoms with E-state index in [1.54, 1.807) is 30.3 Å². The van der Waals surface area contributed by atoms with Gasteiger partial charge in [-0.15, -0.1) is 0 Å². The normalized spacial score (nSPS) is 14.8. The van der Waals surface area contributed by atoms with Crippen LogP contribution in [0, 0.1) is 0 Å². The second-order valence-corrected chi connectivity index (χ2v) is 6.79. The van der Waals surface area contributed by atoms with Crippen molar-refractivity contribution in [3.05, 3.63) is 63.3 Å². The molecule has 0 saturated carbocycles. The Bertz CT molecular complexity index is 953. The first-order chi connectivity index (χ1) is 13.5. The van der Waals surface area contributed by atoms with Crippen LogP contribution in [0.4, 0.5) is 0 Å². The maximum absolute atomic E-state index is 12.2. The van der Waals surface area contributed by atoms with Gasteiger partial charge in [-0.05, 0) is 55.3 Å². The molecule has 1 heterocycles. The molecule has 2 aromatic rings. The zero-order chi connectivity index (χ0) is 20.1. The smallest absolute Gasteiger partial charge is 0.363 e. The minimum atomic E-state index is -0.551. The van der Waals surface area contributed by atoms with Crippen molar-refractivity contribution in [1.82, 2.24) is 0 Å². The van der Waals surface area contributed by atoms with Gasteiger partial charge in [0, 0.05) is 5.02 Å². The number of aliphatic imine (C=N–C) groups is 1. The molecule has 0 aromatic heterocycles. The number of carbonyl (C=O) groups excluding carboxylic acids is 1. The summed E-state index contributed by atoms with van der Waals surface area (Å²) in [6, 6.07) is 10.3. The first kappa shape index (κ1) is 20.2. The Morgan fingerprint density at radius 2 is 1.89 bits per heavy atom. The van der Waals surface area contributed by atoms with Crippen LogP contribution in [0.25, 0.3) is 6.08 Å². The van der Waals surface area contributed by atoms with Crippen LogP contribution in [-0.2, 0) is 9.53 Å². The lowest BCUT2D eigenvalue weighted by molar-refractivity contribution is -0.129. The van der Waals surface area contributed by atoms with Crippen LogP contribution in [-0.4, -0.2) is 25.1 Å². The van der Waals surface area contributed by atoms with E-state index in [4.69, 9.17) is 37.4 Å². The van der Waals surface area contributed by atoms with E-state index in [1.807, 2.05) is 26.0 Å². The number of esters is 1. The van der Waals surface area contributed by atoms with Crippen molar-refractivity contribution < 1.29 is 19.0 Å². The van der Waals surface area contributed by atoms with Crippen LogP contribution in [0.5, 0.6) is 11.5 Å². The Morgan fingerprint density at radius 3 is 2.61 bits per heavy atom. The number of hydrogen-bond acceptors (Lipinski definition) is 5. The Hall–Kier alpha value is -2.50. The standard InChI is InChI=1S/C21H19Cl2NO4/c1-3-9-27-18-8-5-13(11-19(18)26-4-2)10-17-21(25)28-20(24-17)15-7-6-14(22)12-16(15)23/h5-8,10-12H,3-4,9H2,1-2H3. The van der Waals surface area contributed by atoms with Gasteiger partial charge in [-0.2, -0.15) is 0 Å². The molecule has 0 atom stereocenters. The van der Waals surface area contributed by atoms with Gasteiger partial charge >= 0.3 is 5.97 Å². The van der Waals surface area contributed by atoms with Gasteiger partial charge in [-0.1, -0.05) is 36.2 Å². The number of cyclic esters (lactones) is 1. The molecular weight excluding hydrogens is 401 g/mol. The molecule has 0 bridgehead atoms. The number of hydrogen-bond donors (Lipinski definition) is 0. The largest absolute Gasteiger partial charge is 0.490 e. The van der Waals surface area contributed by atoms with Gasteiger partial charge in [0.2, 0.25) is 5.90 Å². The molecule has 7 heteroatoms. The van der Waals surface area contributed by atoms with Crippen LogP contribution in [0.2, 0.25) is 10.0 Å². The van der Waals surface area contributed by atoms with Crippen LogP contribution in [0.3, 0.4) is 0 Å². The summed E-state index contributed by atoms with van der Waals surface area (Å²) in [5.74, 6) is 0.870. The molecule has 2 aromatic carbocycles. The van der Waals surface area contributed by atoms with Gasteiger partial charge in [-0.3, -0.25) is 0 Å². The van der Waals surface area contributed by atoms with Crippen LogP contribution >= 0.6 is 23.2 Å². The number of ether oxygens (including phenoxy) is 3. The van der Waals surface area contributed by atoms with Gasteiger partial charge in [0.25, 0.3) is 0 Å². The molecule has 1 aliphatic heterocycles. The number of carbonyl (C=O) groups is 1. The lowest BCUT2D eigenvalue weighted by Gasteiger charge is -2.12. The van der Waals surface area contributed by atoms with Gasteiger partial charge in [0.15, 0.2) is 17.2 Å². The molecule has 3 rings (SSSR count). The van der Waals surface area contributed by atoms with Gasteiger partial charge in [0.1, 0.15) is 0 Å². The molecule has 5 nitrogen and oxygen atoms in total. The van der Waals surface area contributed by atoms with Gasteiger partial charge in [-0.25, -0.2) is 9.79 Å². The Morgan fingerprint density at radius 1 is 1.07 bits per heavy atom. The molecule has 1 aliphatic rings. The minimum absolute atomic E-state index is 0.144. The van der Waals surface area contributed by atoms with Crippen molar-refractivity contribution in [2.24, 2.45) is 4.99 Å². The zero-order valence-electron chi connectivity index (χ0n) is 15.5. The van der Waals surface area contributed by atoms with Gasteiger partial charge < -0.3 is 14.2 Å². The SMILES string of the molecule is CCCOc1ccc(C=C2N=C(c3ccc(Cl)cc3Cl)OC2=O)cc1OCC. The van der Waals surface area contributed by atoms with E-state index in [-0.39, 0.29) is 11.6 Å². The second-order valence-electron chi connectivity index (χ2n) is 5.95. The first-order valence-corrected chi connectivity index (χ1v) is 9.65. The number of halogens is 2. The summed E-state index contributed by atoms with van der Waals surface area (Å²) >= 11 is 12.1. The highest BCUT2D eigenvalue weighted by molar-refractivity contribution is 6.37. The fraction of sp³-hybridized carbons (Fsp3) is 0.238. The Balaban J connectivity index is 1.90. The highest BCUT2D eigenvalue weighted by atomic mass is 35.5. The molecule has 0 saturated heterocycles. The van der Waals surface area contributed by atoms with E-state index in [1.165, 1.54) is 0 Å². The molecule has 146 valence electrons. The van der Waals surface area contributed by atoms with Crippen molar-refractivity contribution in [3.63, 3.8) is 0 Å². The van der Waals surface area contributed by atoms with E-state index in [0.29, 0.717) is 40.3 Å². The lowest BCUT2D eigenvalue weighted by Crippen LogP contribution is -2.06. The van der Waals surface area contributed by atoms with E-state index in [2.05, 4.69) is 4.99 Å². The Kier molecular flexibility index (Phi) is 6.60. The predicted molar refractivity (Wildman–Crippen MR) is 110 cm³/mol. The summed E-state index contributed by atoms with van der Waals surface area (Å²) < 4.78 is 16.6. The summed E-state index contributed by atoms with van der Waals surface area (Å²) in [7, 11) is 0. The maximum Gasteiger partial charge on any atom is 0.363 e.